The summed E-state index contributed by atoms with van der Waals surface area (Å²) in [5, 5.41) is 3.46. The smallest absolute Gasteiger partial charge is 0.123 e. The number of thioether (sulfide) groups is 1. The molecule has 0 heterocycles. The van der Waals surface area contributed by atoms with Crippen LogP contribution in [0.1, 0.15) is 24.1 Å². The first-order valence-electron chi connectivity index (χ1n) is 6.87. The second-order valence-electron chi connectivity index (χ2n) is 4.79. The molecule has 0 spiro atoms. The van der Waals surface area contributed by atoms with E-state index in [2.05, 4.69) is 43.4 Å². The molecule has 20 heavy (non-hydrogen) atoms. The van der Waals surface area contributed by atoms with Gasteiger partial charge in [-0.3, -0.25) is 0 Å². The first kappa shape index (κ1) is 15.1. The fraction of sp³-hybridized carbons (Fsp3) is 0.294. The molecule has 1 atom stereocenters. The van der Waals surface area contributed by atoms with Gasteiger partial charge in [0.1, 0.15) is 5.82 Å². The van der Waals surface area contributed by atoms with Gasteiger partial charge in [0.05, 0.1) is 0 Å². The lowest BCUT2D eigenvalue weighted by Crippen LogP contribution is -2.22. The van der Waals surface area contributed by atoms with Crippen LogP contribution in [0.3, 0.4) is 0 Å². The zero-order valence-corrected chi connectivity index (χ0v) is 12.7. The molecule has 0 amide bonds. The van der Waals surface area contributed by atoms with Gasteiger partial charge >= 0.3 is 0 Å². The molecule has 2 rings (SSSR count). The zero-order chi connectivity index (χ0) is 14.4. The van der Waals surface area contributed by atoms with E-state index in [1.807, 2.05) is 23.9 Å². The molecular formula is C17H20FNS. The van der Waals surface area contributed by atoms with Crippen LogP contribution in [0, 0.1) is 12.7 Å². The predicted molar refractivity (Wildman–Crippen MR) is 84.7 cm³/mol. The summed E-state index contributed by atoms with van der Waals surface area (Å²) in [4.78, 5) is 1.27. The molecule has 2 aromatic rings. The topological polar surface area (TPSA) is 12.0 Å². The van der Waals surface area contributed by atoms with Crippen molar-refractivity contribution in [3.05, 3.63) is 65.5 Å². The highest BCUT2D eigenvalue weighted by molar-refractivity contribution is 7.99. The second kappa shape index (κ2) is 7.46. The van der Waals surface area contributed by atoms with Gasteiger partial charge in [0.15, 0.2) is 0 Å². The van der Waals surface area contributed by atoms with E-state index < -0.39 is 0 Å². The summed E-state index contributed by atoms with van der Waals surface area (Å²) in [6.07, 6.45) is 0. The van der Waals surface area contributed by atoms with E-state index in [9.17, 15) is 4.39 Å². The molecule has 0 bridgehead atoms. The number of benzene rings is 2. The van der Waals surface area contributed by atoms with Gasteiger partial charge in [-0.25, -0.2) is 4.39 Å². The third-order valence-electron chi connectivity index (χ3n) is 3.13. The fourth-order valence-electron chi connectivity index (χ4n) is 2.10. The van der Waals surface area contributed by atoms with Gasteiger partial charge < -0.3 is 5.32 Å². The van der Waals surface area contributed by atoms with E-state index in [1.54, 1.807) is 0 Å². The summed E-state index contributed by atoms with van der Waals surface area (Å²) in [5.41, 5.74) is 2.41. The van der Waals surface area contributed by atoms with Gasteiger partial charge in [-0.1, -0.05) is 36.8 Å². The van der Waals surface area contributed by atoms with Crippen LogP contribution in [0.15, 0.2) is 53.4 Å². The highest BCUT2D eigenvalue weighted by Crippen LogP contribution is 2.25. The van der Waals surface area contributed by atoms with E-state index in [0.29, 0.717) is 0 Å². The Balaban J connectivity index is 2.04. The normalized spacial score (nSPS) is 12.3. The third-order valence-corrected chi connectivity index (χ3v) is 4.22. The number of aryl methyl sites for hydroxylation is 1. The van der Waals surface area contributed by atoms with E-state index in [1.165, 1.54) is 22.6 Å². The Labute approximate surface area is 124 Å². The lowest BCUT2D eigenvalue weighted by atomic mass is 10.1. The van der Waals surface area contributed by atoms with Crippen LogP contribution >= 0.6 is 11.8 Å². The Kier molecular flexibility index (Phi) is 5.62. The molecule has 0 aliphatic carbocycles. The first-order valence-corrected chi connectivity index (χ1v) is 7.86. The standard InChI is InChI=1S/C17H20FNS/c1-3-19-17(14-7-9-15(18)10-8-14)12-20-16-6-4-5-13(2)11-16/h4-11,17,19H,3,12H2,1-2H3. The lowest BCUT2D eigenvalue weighted by molar-refractivity contribution is 0.598. The Morgan fingerprint density at radius 1 is 1.15 bits per heavy atom. The molecule has 0 saturated heterocycles. The maximum absolute atomic E-state index is 13.0. The molecule has 3 heteroatoms. The molecular weight excluding hydrogens is 269 g/mol. The molecule has 0 aliphatic rings. The van der Waals surface area contributed by atoms with Crippen molar-refractivity contribution in [3.8, 4) is 0 Å². The quantitative estimate of drug-likeness (QED) is 0.781. The summed E-state index contributed by atoms with van der Waals surface area (Å²) >= 11 is 1.83. The lowest BCUT2D eigenvalue weighted by Gasteiger charge is -2.18. The monoisotopic (exact) mass is 289 g/mol. The molecule has 2 aromatic carbocycles. The van der Waals surface area contributed by atoms with E-state index in [4.69, 9.17) is 0 Å². The molecule has 1 nitrogen and oxygen atoms in total. The number of rotatable bonds is 6. The van der Waals surface area contributed by atoms with Crippen LogP contribution in [0.2, 0.25) is 0 Å². The fourth-order valence-corrected chi connectivity index (χ4v) is 3.21. The predicted octanol–water partition coefficient (Wildman–Crippen LogP) is 4.58. The van der Waals surface area contributed by atoms with Crippen molar-refractivity contribution in [2.24, 2.45) is 0 Å². The molecule has 0 radical (unpaired) electrons. The Morgan fingerprint density at radius 3 is 2.55 bits per heavy atom. The summed E-state index contributed by atoms with van der Waals surface area (Å²) in [6.45, 7) is 5.09. The van der Waals surface area contributed by atoms with E-state index in [0.717, 1.165) is 17.9 Å². The summed E-state index contributed by atoms with van der Waals surface area (Å²) in [6, 6.07) is 15.5. The zero-order valence-electron chi connectivity index (χ0n) is 11.9. The van der Waals surface area contributed by atoms with Crippen molar-refractivity contribution >= 4 is 11.8 Å². The number of nitrogens with one attached hydrogen (secondary N) is 1. The maximum atomic E-state index is 13.0. The van der Waals surface area contributed by atoms with Crippen molar-refractivity contribution < 1.29 is 4.39 Å². The Hall–Kier alpha value is -1.32. The highest BCUT2D eigenvalue weighted by Gasteiger charge is 2.11. The average molecular weight is 289 g/mol. The number of hydrogen-bond acceptors (Lipinski definition) is 2. The van der Waals surface area contributed by atoms with E-state index in [-0.39, 0.29) is 11.9 Å². The first-order chi connectivity index (χ1) is 9.69. The third kappa shape index (κ3) is 4.36. The Bertz CT molecular complexity index is 539. The van der Waals surface area contributed by atoms with Gasteiger partial charge in [-0.05, 0) is 43.3 Å². The van der Waals surface area contributed by atoms with Crippen molar-refractivity contribution in [1.82, 2.24) is 5.32 Å². The minimum absolute atomic E-state index is 0.185. The van der Waals surface area contributed by atoms with Crippen LogP contribution in [0.5, 0.6) is 0 Å². The average Bonchev–Trinajstić information content (AvgIpc) is 2.44. The van der Waals surface area contributed by atoms with Crippen LogP contribution in [-0.4, -0.2) is 12.3 Å². The van der Waals surface area contributed by atoms with Crippen molar-refractivity contribution in [2.75, 3.05) is 12.3 Å². The summed E-state index contributed by atoms with van der Waals surface area (Å²) in [7, 11) is 0. The van der Waals surface area contributed by atoms with Gasteiger partial charge in [0, 0.05) is 16.7 Å². The van der Waals surface area contributed by atoms with Gasteiger partial charge in [0.2, 0.25) is 0 Å². The SMILES string of the molecule is CCNC(CSc1cccc(C)c1)c1ccc(F)cc1. The summed E-state index contributed by atoms with van der Waals surface area (Å²) < 4.78 is 13.0. The van der Waals surface area contributed by atoms with Gasteiger partial charge in [0.25, 0.3) is 0 Å². The largest absolute Gasteiger partial charge is 0.309 e. The van der Waals surface area contributed by atoms with Gasteiger partial charge in [-0.15, -0.1) is 11.8 Å². The van der Waals surface area contributed by atoms with Crippen LogP contribution in [0.4, 0.5) is 4.39 Å². The molecule has 0 aromatic heterocycles. The number of hydrogen-bond donors (Lipinski definition) is 1. The van der Waals surface area contributed by atoms with Crippen molar-refractivity contribution in [3.63, 3.8) is 0 Å². The molecule has 0 fully saturated rings. The van der Waals surface area contributed by atoms with Crippen LogP contribution in [-0.2, 0) is 0 Å². The minimum Gasteiger partial charge on any atom is -0.309 e. The number of halogens is 1. The van der Waals surface area contributed by atoms with Crippen molar-refractivity contribution in [1.29, 1.82) is 0 Å². The molecule has 0 saturated carbocycles. The van der Waals surface area contributed by atoms with Gasteiger partial charge in [-0.2, -0.15) is 0 Å². The highest BCUT2D eigenvalue weighted by atomic mass is 32.2. The molecule has 106 valence electrons. The van der Waals surface area contributed by atoms with E-state index >= 15 is 0 Å². The Morgan fingerprint density at radius 2 is 1.90 bits per heavy atom. The minimum atomic E-state index is -0.185. The maximum Gasteiger partial charge on any atom is 0.123 e. The molecule has 0 aliphatic heterocycles. The molecule has 1 unspecified atom stereocenters. The van der Waals surface area contributed by atoms with Crippen LogP contribution < -0.4 is 5.32 Å². The van der Waals surface area contributed by atoms with Crippen molar-refractivity contribution in [2.45, 2.75) is 24.8 Å². The molecule has 1 N–H and O–H groups in total. The summed E-state index contributed by atoms with van der Waals surface area (Å²) in [5.74, 6) is 0.749. The second-order valence-corrected chi connectivity index (χ2v) is 5.88. The van der Waals surface area contributed by atoms with Crippen LogP contribution in [0.25, 0.3) is 0 Å².